The van der Waals surface area contributed by atoms with Crippen molar-refractivity contribution in [2.24, 2.45) is 0 Å². The number of nitrogens with one attached hydrogen (secondary N) is 1. The van der Waals surface area contributed by atoms with Crippen LogP contribution in [0.15, 0.2) is 53.7 Å². The van der Waals surface area contributed by atoms with E-state index in [1.807, 2.05) is 24.3 Å². The molecule has 3 aromatic rings. The lowest BCUT2D eigenvalue weighted by atomic mass is 10.2. The average molecular weight is 375 g/mol. The number of rotatable bonds is 4. The summed E-state index contributed by atoms with van der Waals surface area (Å²) in [7, 11) is 0. The molecule has 4 rings (SSSR count). The molecule has 0 bridgehead atoms. The summed E-state index contributed by atoms with van der Waals surface area (Å²) in [5.41, 5.74) is 0.333. The average Bonchev–Trinajstić information content (AvgIpc) is 2.93. The van der Waals surface area contributed by atoms with Gasteiger partial charge in [-0.15, -0.1) is 13.9 Å². The van der Waals surface area contributed by atoms with Gasteiger partial charge in [0.05, 0.1) is 11.9 Å². The van der Waals surface area contributed by atoms with Crippen molar-refractivity contribution in [1.29, 1.82) is 0 Å². The number of aromatic nitrogens is 2. The Hall–Kier alpha value is -2.94. The number of fused-ring (bicyclic) bond motifs is 2. The van der Waals surface area contributed by atoms with Crippen molar-refractivity contribution >= 4 is 34.1 Å². The fourth-order valence-electron chi connectivity index (χ4n) is 2.47. The van der Waals surface area contributed by atoms with E-state index in [0.717, 1.165) is 10.8 Å². The summed E-state index contributed by atoms with van der Waals surface area (Å²) in [5, 5.41) is 13.1. The van der Waals surface area contributed by atoms with Gasteiger partial charge in [-0.2, -0.15) is 5.10 Å². The number of halogens is 2. The minimum Gasteiger partial charge on any atom is -0.395 e. The normalized spacial score (nSPS) is 14.4. The molecule has 2 aromatic carbocycles. The van der Waals surface area contributed by atoms with Crippen LogP contribution in [0, 0.1) is 0 Å². The molecule has 1 N–H and O–H groups in total. The highest BCUT2D eigenvalue weighted by atomic mass is 32.2. The smallest absolute Gasteiger partial charge is 0.395 e. The summed E-state index contributed by atoms with van der Waals surface area (Å²) < 4.78 is 34.7. The Bertz CT molecular complexity index is 995. The molecule has 0 unspecified atom stereocenters. The zero-order chi connectivity index (χ0) is 18.1. The van der Waals surface area contributed by atoms with E-state index < -0.39 is 6.29 Å². The minimum atomic E-state index is -3.69. The first-order valence-electron chi connectivity index (χ1n) is 7.53. The van der Waals surface area contributed by atoms with Crippen LogP contribution in [-0.2, 0) is 4.79 Å². The van der Waals surface area contributed by atoms with Crippen molar-refractivity contribution in [3.05, 3.63) is 48.7 Å². The molecule has 26 heavy (non-hydrogen) atoms. The van der Waals surface area contributed by atoms with Gasteiger partial charge in [0.1, 0.15) is 5.03 Å². The fraction of sp³-hybridized carbons (Fsp3) is 0.118. The number of hydrogen-bond acceptors (Lipinski definition) is 6. The van der Waals surface area contributed by atoms with E-state index in [9.17, 15) is 13.6 Å². The van der Waals surface area contributed by atoms with Crippen LogP contribution < -0.4 is 14.8 Å². The molecule has 132 valence electrons. The van der Waals surface area contributed by atoms with Crippen LogP contribution in [-0.4, -0.2) is 28.2 Å². The number of nitrogens with zero attached hydrogens (tertiary/aromatic N) is 2. The second-order valence-electron chi connectivity index (χ2n) is 5.40. The summed E-state index contributed by atoms with van der Waals surface area (Å²) in [6.45, 7) is 0. The first kappa shape index (κ1) is 16.5. The number of thioether (sulfide) groups is 1. The van der Waals surface area contributed by atoms with Crippen LogP contribution in [0.5, 0.6) is 11.5 Å². The SMILES string of the molecule is O=C(CSc1nncc2ccccc12)Nc1ccc2c(c1)OC(F)(F)O2. The standard InChI is InChI=1S/C17H11F2N3O3S/c18-17(19)24-13-6-5-11(7-14(13)25-17)21-15(23)9-26-16-12-4-2-1-3-10(12)8-20-22-16/h1-8H,9H2,(H,21,23). The maximum atomic E-state index is 13.0. The molecular formula is C17H11F2N3O3S. The van der Waals surface area contributed by atoms with Crippen molar-refractivity contribution in [1.82, 2.24) is 10.2 Å². The van der Waals surface area contributed by atoms with Crippen LogP contribution in [0.4, 0.5) is 14.5 Å². The van der Waals surface area contributed by atoms with Gasteiger partial charge >= 0.3 is 6.29 Å². The molecule has 0 saturated carbocycles. The molecule has 2 heterocycles. The maximum Gasteiger partial charge on any atom is 0.586 e. The highest BCUT2D eigenvalue weighted by Gasteiger charge is 2.43. The van der Waals surface area contributed by atoms with E-state index in [1.165, 1.54) is 30.0 Å². The lowest BCUT2D eigenvalue weighted by Crippen LogP contribution is -2.25. The van der Waals surface area contributed by atoms with Gasteiger partial charge in [-0.25, -0.2) is 0 Å². The van der Waals surface area contributed by atoms with E-state index >= 15 is 0 Å². The summed E-state index contributed by atoms with van der Waals surface area (Å²) in [4.78, 5) is 12.1. The molecule has 0 spiro atoms. The molecule has 0 aliphatic carbocycles. The third kappa shape index (κ3) is 3.38. The Labute approximate surface area is 150 Å². The molecule has 0 radical (unpaired) electrons. The topological polar surface area (TPSA) is 73.3 Å². The second-order valence-corrected chi connectivity index (χ2v) is 6.37. The zero-order valence-corrected chi connectivity index (χ0v) is 13.9. The maximum absolute atomic E-state index is 13.0. The lowest BCUT2D eigenvalue weighted by molar-refractivity contribution is -0.286. The van der Waals surface area contributed by atoms with Gasteiger partial charge in [0.25, 0.3) is 0 Å². The molecule has 1 amide bonds. The molecule has 0 fully saturated rings. The van der Waals surface area contributed by atoms with Crippen LogP contribution in [0.2, 0.25) is 0 Å². The van der Waals surface area contributed by atoms with Gasteiger partial charge in [0.15, 0.2) is 11.5 Å². The molecule has 1 aromatic heterocycles. The predicted octanol–water partition coefficient (Wildman–Crippen LogP) is 3.68. The number of amides is 1. The van der Waals surface area contributed by atoms with Gasteiger partial charge in [-0.1, -0.05) is 36.0 Å². The van der Waals surface area contributed by atoms with Crippen molar-refractivity contribution in [3.8, 4) is 11.5 Å². The number of hydrogen-bond donors (Lipinski definition) is 1. The zero-order valence-electron chi connectivity index (χ0n) is 13.1. The third-order valence-corrected chi connectivity index (χ3v) is 4.54. The van der Waals surface area contributed by atoms with Gasteiger partial charge in [-0.3, -0.25) is 4.79 Å². The van der Waals surface area contributed by atoms with Gasteiger partial charge < -0.3 is 14.8 Å². The highest BCUT2D eigenvalue weighted by Crippen LogP contribution is 2.42. The van der Waals surface area contributed by atoms with E-state index in [1.54, 1.807) is 6.20 Å². The monoisotopic (exact) mass is 375 g/mol. The van der Waals surface area contributed by atoms with Crippen LogP contribution in [0.1, 0.15) is 0 Å². The summed E-state index contributed by atoms with van der Waals surface area (Å²) in [6.07, 6.45) is -2.03. The Kier molecular flexibility index (Phi) is 4.08. The van der Waals surface area contributed by atoms with Crippen LogP contribution >= 0.6 is 11.8 Å². The molecule has 6 nitrogen and oxygen atoms in total. The van der Waals surface area contributed by atoms with E-state index in [4.69, 9.17) is 0 Å². The summed E-state index contributed by atoms with van der Waals surface area (Å²) >= 11 is 1.24. The largest absolute Gasteiger partial charge is 0.586 e. The quantitative estimate of drug-likeness (QED) is 0.702. The molecule has 0 saturated heterocycles. The summed E-state index contributed by atoms with van der Waals surface area (Å²) in [5.74, 6) is -0.419. The van der Waals surface area contributed by atoms with Crippen LogP contribution in [0.3, 0.4) is 0 Å². The number of carbonyl (C=O) groups is 1. The lowest BCUT2D eigenvalue weighted by Gasteiger charge is -2.07. The number of benzene rings is 2. The Morgan fingerprint density at radius 2 is 1.96 bits per heavy atom. The van der Waals surface area contributed by atoms with E-state index in [0.29, 0.717) is 10.7 Å². The number of anilines is 1. The second kappa shape index (κ2) is 6.41. The minimum absolute atomic E-state index is 0.0756. The highest BCUT2D eigenvalue weighted by molar-refractivity contribution is 8.00. The fourth-order valence-corrected chi connectivity index (χ4v) is 3.25. The Morgan fingerprint density at radius 3 is 2.85 bits per heavy atom. The van der Waals surface area contributed by atoms with Crippen molar-refractivity contribution in [2.45, 2.75) is 11.3 Å². The number of alkyl halides is 2. The van der Waals surface area contributed by atoms with Crippen molar-refractivity contribution < 1.29 is 23.0 Å². The first-order chi connectivity index (χ1) is 12.5. The van der Waals surface area contributed by atoms with Gasteiger partial charge in [-0.05, 0) is 12.1 Å². The molecule has 0 atom stereocenters. The van der Waals surface area contributed by atoms with E-state index in [2.05, 4.69) is 25.0 Å². The van der Waals surface area contributed by atoms with Gasteiger partial charge in [0.2, 0.25) is 5.91 Å². The Morgan fingerprint density at radius 1 is 1.15 bits per heavy atom. The van der Waals surface area contributed by atoms with Crippen molar-refractivity contribution in [3.63, 3.8) is 0 Å². The van der Waals surface area contributed by atoms with E-state index in [-0.39, 0.29) is 23.2 Å². The Balaban J connectivity index is 1.42. The number of carbonyl (C=O) groups excluding carboxylic acids is 1. The molecular weight excluding hydrogens is 364 g/mol. The number of ether oxygens (including phenoxy) is 2. The van der Waals surface area contributed by atoms with Crippen LogP contribution in [0.25, 0.3) is 10.8 Å². The first-order valence-corrected chi connectivity index (χ1v) is 8.52. The third-order valence-electron chi connectivity index (χ3n) is 3.56. The summed E-state index contributed by atoms with van der Waals surface area (Å²) in [6, 6.07) is 11.7. The molecule has 1 aliphatic rings. The molecule has 1 aliphatic heterocycles. The van der Waals surface area contributed by atoms with Crippen molar-refractivity contribution in [2.75, 3.05) is 11.1 Å². The molecule has 9 heteroatoms. The predicted molar refractivity (Wildman–Crippen MR) is 91.5 cm³/mol. The van der Waals surface area contributed by atoms with Gasteiger partial charge in [0, 0.05) is 22.5 Å².